The molecule has 1 aromatic carbocycles. The number of sulfonamides is 2. The minimum atomic E-state index is -3.62. The third-order valence-corrected chi connectivity index (χ3v) is 6.28. The predicted octanol–water partition coefficient (Wildman–Crippen LogP) is 0.566. The SMILES string of the molecule is Cl.NCCCCNS(=O)(=O)c1ccc(S(=O)(=O)NC2CC2)cc1. The average molecular weight is 384 g/mol. The number of unbranched alkanes of at least 4 members (excludes halogenated alkanes) is 1. The summed E-state index contributed by atoms with van der Waals surface area (Å²) >= 11 is 0. The predicted molar refractivity (Wildman–Crippen MR) is 90.5 cm³/mol. The molecule has 0 unspecified atom stereocenters. The molecular weight excluding hydrogens is 362 g/mol. The molecule has 0 aliphatic heterocycles. The van der Waals surface area contributed by atoms with Gasteiger partial charge in [-0.05, 0) is 56.5 Å². The first-order valence-corrected chi connectivity index (χ1v) is 10.1. The monoisotopic (exact) mass is 383 g/mol. The quantitative estimate of drug-likeness (QED) is 0.538. The minimum absolute atomic E-state index is 0. The molecule has 0 heterocycles. The van der Waals surface area contributed by atoms with Crippen LogP contribution in [0.25, 0.3) is 0 Å². The topological polar surface area (TPSA) is 118 Å². The van der Waals surface area contributed by atoms with E-state index in [0.29, 0.717) is 19.5 Å². The van der Waals surface area contributed by atoms with Crippen molar-refractivity contribution in [1.82, 2.24) is 9.44 Å². The lowest BCUT2D eigenvalue weighted by Crippen LogP contribution is -2.26. The van der Waals surface area contributed by atoms with Crippen LogP contribution in [0, 0.1) is 0 Å². The Kier molecular flexibility index (Phi) is 7.43. The zero-order chi connectivity index (χ0) is 16.2. The van der Waals surface area contributed by atoms with E-state index in [0.717, 1.165) is 19.3 Å². The Balaban J connectivity index is 0.00000264. The minimum Gasteiger partial charge on any atom is -0.330 e. The zero-order valence-electron chi connectivity index (χ0n) is 12.6. The normalized spacial score (nSPS) is 15.2. The summed E-state index contributed by atoms with van der Waals surface area (Å²) in [6.45, 7) is 0.825. The van der Waals surface area contributed by atoms with Crippen LogP contribution in [0.4, 0.5) is 0 Å². The van der Waals surface area contributed by atoms with Crippen LogP contribution in [0.1, 0.15) is 25.7 Å². The lowest BCUT2D eigenvalue weighted by Gasteiger charge is -2.08. The van der Waals surface area contributed by atoms with E-state index >= 15 is 0 Å². The third kappa shape index (κ3) is 6.02. The van der Waals surface area contributed by atoms with E-state index in [4.69, 9.17) is 5.73 Å². The van der Waals surface area contributed by atoms with E-state index in [1.807, 2.05) is 0 Å². The van der Waals surface area contributed by atoms with Crippen LogP contribution in [0.3, 0.4) is 0 Å². The number of hydrogen-bond donors (Lipinski definition) is 3. The van der Waals surface area contributed by atoms with Gasteiger partial charge in [0, 0.05) is 12.6 Å². The van der Waals surface area contributed by atoms with Gasteiger partial charge in [0.25, 0.3) is 0 Å². The van der Waals surface area contributed by atoms with E-state index in [1.165, 1.54) is 24.3 Å². The molecule has 10 heteroatoms. The Labute approximate surface area is 143 Å². The molecule has 1 saturated carbocycles. The highest BCUT2D eigenvalue weighted by Gasteiger charge is 2.28. The van der Waals surface area contributed by atoms with Crippen molar-refractivity contribution in [2.45, 2.75) is 41.5 Å². The number of rotatable bonds is 9. The smallest absolute Gasteiger partial charge is 0.240 e. The lowest BCUT2D eigenvalue weighted by molar-refractivity contribution is 0.574. The Morgan fingerprint density at radius 3 is 1.96 bits per heavy atom. The van der Waals surface area contributed by atoms with Crippen molar-refractivity contribution in [3.63, 3.8) is 0 Å². The summed E-state index contributed by atoms with van der Waals surface area (Å²) in [5.74, 6) is 0. The maximum atomic E-state index is 12.0. The molecule has 0 bridgehead atoms. The maximum Gasteiger partial charge on any atom is 0.240 e. The van der Waals surface area contributed by atoms with Crippen molar-refractivity contribution < 1.29 is 16.8 Å². The van der Waals surface area contributed by atoms with E-state index in [9.17, 15) is 16.8 Å². The van der Waals surface area contributed by atoms with Gasteiger partial charge >= 0.3 is 0 Å². The molecule has 0 atom stereocenters. The number of nitrogens with two attached hydrogens (primary N) is 1. The van der Waals surface area contributed by atoms with E-state index in [2.05, 4.69) is 9.44 Å². The van der Waals surface area contributed by atoms with Crippen LogP contribution in [-0.4, -0.2) is 36.0 Å². The molecule has 0 amide bonds. The Hall–Kier alpha value is -0.710. The Bertz CT molecular complexity index is 701. The molecule has 1 aliphatic rings. The fourth-order valence-corrected chi connectivity index (χ4v) is 4.22. The van der Waals surface area contributed by atoms with Gasteiger partial charge in [-0.2, -0.15) is 0 Å². The summed E-state index contributed by atoms with van der Waals surface area (Å²) in [6, 6.07) is 5.22. The molecular formula is C13H22ClN3O4S2. The summed E-state index contributed by atoms with van der Waals surface area (Å²) in [4.78, 5) is 0.118. The van der Waals surface area contributed by atoms with Crippen molar-refractivity contribution >= 4 is 32.5 Å². The molecule has 1 aliphatic carbocycles. The summed E-state index contributed by atoms with van der Waals surface area (Å²) in [6.07, 6.45) is 3.09. The third-order valence-electron chi connectivity index (χ3n) is 3.27. The largest absolute Gasteiger partial charge is 0.330 e. The molecule has 4 N–H and O–H groups in total. The average Bonchev–Trinajstić information content (AvgIpc) is 3.27. The summed E-state index contributed by atoms with van der Waals surface area (Å²) in [5.41, 5.74) is 5.35. The standard InChI is InChI=1S/C13H21N3O4S2.ClH/c14-9-1-2-10-15-21(17,18)12-5-7-13(8-6-12)22(19,20)16-11-3-4-11;/h5-8,11,15-16H,1-4,9-10,14H2;1H. The first kappa shape index (κ1) is 20.3. The van der Waals surface area contributed by atoms with Gasteiger partial charge in [0.15, 0.2) is 0 Å². The van der Waals surface area contributed by atoms with E-state index in [-0.39, 0.29) is 28.2 Å². The molecule has 0 aromatic heterocycles. The van der Waals surface area contributed by atoms with Gasteiger partial charge in [-0.3, -0.25) is 0 Å². The van der Waals surface area contributed by atoms with Crippen molar-refractivity contribution in [3.05, 3.63) is 24.3 Å². The van der Waals surface area contributed by atoms with E-state index in [1.54, 1.807) is 0 Å². The molecule has 7 nitrogen and oxygen atoms in total. The number of benzene rings is 1. The second-order valence-electron chi connectivity index (χ2n) is 5.26. The zero-order valence-corrected chi connectivity index (χ0v) is 15.0. The van der Waals surface area contributed by atoms with Crippen molar-refractivity contribution in [1.29, 1.82) is 0 Å². The van der Waals surface area contributed by atoms with Crippen LogP contribution in [0.15, 0.2) is 34.1 Å². The van der Waals surface area contributed by atoms with Gasteiger partial charge in [-0.1, -0.05) is 0 Å². The van der Waals surface area contributed by atoms with Gasteiger partial charge in [0.05, 0.1) is 9.79 Å². The van der Waals surface area contributed by atoms with Crippen molar-refractivity contribution in [2.75, 3.05) is 13.1 Å². The summed E-state index contributed by atoms with van der Waals surface area (Å²) < 4.78 is 53.1. The number of nitrogens with one attached hydrogen (secondary N) is 2. The van der Waals surface area contributed by atoms with Crippen molar-refractivity contribution in [2.24, 2.45) is 5.73 Å². The lowest BCUT2D eigenvalue weighted by atomic mass is 10.3. The fraction of sp³-hybridized carbons (Fsp3) is 0.538. The molecule has 132 valence electrons. The van der Waals surface area contributed by atoms with Crippen LogP contribution in [-0.2, 0) is 20.0 Å². The van der Waals surface area contributed by atoms with Gasteiger partial charge in [-0.25, -0.2) is 26.3 Å². The maximum absolute atomic E-state index is 12.0. The van der Waals surface area contributed by atoms with Crippen LogP contribution >= 0.6 is 12.4 Å². The highest BCUT2D eigenvalue weighted by molar-refractivity contribution is 7.90. The Morgan fingerprint density at radius 2 is 1.48 bits per heavy atom. The molecule has 1 aromatic rings. The Morgan fingerprint density at radius 1 is 0.957 bits per heavy atom. The fourth-order valence-electron chi connectivity index (χ4n) is 1.85. The van der Waals surface area contributed by atoms with Gasteiger partial charge in [0.1, 0.15) is 0 Å². The molecule has 0 saturated heterocycles. The van der Waals surface area contributed by atoms with Gasteiger partial charge in [0.2, 0.25) is 20.0 Å². The second-order valence-corrected chi connectivity index (χ2v) is 8.74. The molecule has 0 radical (unpaired) electrons. The van der Waals surface area contributed by atoms with Gasteiger partial charge < -0.3 is 5.73 Å². The number of hydrogen-bond acceptors (Lipinski definition) is 5. The molecule has 23 heavy (non-hydrogen) atoms. The molecule has 1 fully saturated rings. The number of halogens is 1. The second kappa shape index (κ2) is 8.41. The van der Waals surface area contributed by atoms with Crippen LogP contribution in [0.2, 0.25) is 0 Å². The van der Waals surface area contributed by atoms with Crippen LogP contribution in [0.5, 0.6) is 0 Å². The summed E-state index contributed by atoms with van der Waals surface area (Å²) in [7, 11) is -7.18. The first-order valence-electron chi connectivity index (χ1n) is 7.17. The summed E-state index contributed by atoms with van der Waals surface area (Å²) in [5, 5.41) is 0. The highest BCUT2D eigenvalue weighted by Crippen LogP contribution is 2.22. The van der Waals surface area contributed by atoms with Gasteiger partial charge in [-0.15, -0.1) is 12.4 Å². The first-order chi connectivity index (χ1) is 10.3. The van der Waals surface area contributed by atoms with Crippen molar-refractivity contribution in [3.8, 4) is 0 Å². The highest BCUT2D eigenvalue weighted by atomic mass is 35.5. The molecule has 2 rings (SSSR count). The van der Waals surface area contributed by atoms with Crippen LogP contribution < -0.4 is 15.2 Å². The molecule has 0 spiro atoms. The van der Waals surface area contributed by atoms with E-state index < -0.39 is 20.0 Å².